The van der Waals surface area contributed by atoms with Crippen LogP contribution in [0, 0.1) is 25.2 Å². The molecule has 0 spiro atoms. The maximum absolute atomic E-state index is 14.5. The number of hydrogen-bond donors (Lipinski definition) is 1. The van der Waals surface area contributed by atoms with Gasteiger partial charge in [-0.15, -0.1) is 0 Å². The predicted molar refractivity (Wildman–Crippen MR) is 114 cm³/mol. The number of carbonyl (C=O) groups excluding carboxylic acids is 1. The first-order chi connectivity index (χ1) is 13.7. The summed E-state index contributed by atoms with van der Waals surface area (Å²) in [6, 6.07) is 1.94. The number of aryl methyl sites for hydroxylation is 1. The van der Waals surface area contributed by atoms with Gasteiger partial charge in [-0.2, -0.15) is 5.26 Å². The molecule has 1 N–H and O–H groups in total. The topological polar surface area (TPSA) is 78.1 Å². The minimum Gasteiger partial charge on any atom is -0.318 e. The minimum absolute atomic E-state index is 0.0491. The molecule has 0 fully saturated rings. The summed E-state index contributed by atoms with van der Waals surface area (Å²) in [5, 5.41) is 11.4. The molecule has 0 bridgehead atoms. The third-order valence-corrected chi connectivity index (χ3v) is 3.70. The van der Waals surface area contributed by atoms with Crippen molar-refractivity contribution < 1.29 is 13.6 Å². The standard InChI is InChI=1S/C20H20F2N4O.C2H6/c1-7-14(17(22)18(24-6)11(2)3)8-16(21)20(27)26-19-12(4)15(9-23)10-25-13(19)5;1-2/h7-8,10H,1-2H2,3-6H3,(H,26,27);1-2H3/b16-8-,17-14-,24-18?;. The Hall–Kier alpha value is -3.40. The van der Waals surface area contributed by atoms with Crippen molar-refractivity contribution in [3.63, 3.8) is 0 Å². The van der Waals surface area contributed by atoms with Crippen molar-refractivity contribution in [2.75, 3.05) is 12.4 Å². The van der Waals surface area contributed by atoms with Gasteiger partial charge in [0, 0.05) is 18.8 Å². The van der Waals surface area contributed by atoms with Crippen LogP contribution in [0.15, 0.2) is 59.3 Å². The summed E-state index contributed by atoms with van der Waals surface area (Å²) in [4.78, 5) is 19.9. The first-order valence-corrected chi connectivity index (χ1v) is 8.87. The Kier molecular flexibility index (Phi) is 10.7. The van der Waals surface area contributed by atoms with Gasteiger partial charge in [-0.05, 0) is 38.0 Å². The molecule has 0 aliphatic rings. The lowest BCUT2D eigenvalue weighted by molar-refractivity contribution is -0.114. The number of hydrogen-bond acceptors (Lipinski definition) is 4. The Bertz CT molecular complexity index is 935. The molecule has 5 nitrogen and oxygen atoms in total. The third kappa shape index (κ3) is 6.61. The first-order valence-electron chi connectivity index (χ1n) is 8.87. The van der Waals surface area contributed by atoms with E-state index in [1.807, 2.05) is 19.9 Å². The van der Waals surface area contributed by atoms with Gasteiger partial charge >= 0.3 is 0 Å². The zero-order valence-corrected chi connectivity index (χ0v) is 17.7. The van der Waals surface area contributed by atoms with Crippen molar-refractivity contribution in [1.82, 2.24) is 4.98 Å². The van der Waals surface area contributed by atoms with E-state index in [9.17, 15) is 13.6 Å². The van der Waals surface area contributed by atoms with Crippen LogP contribution in [0.3, 0.4) is 0 Å². The normalized spacial score (nSPS) is 12.1. The second-order valence-corrected chi connectivity index (χ2v) is 5.64. The van der Waals surface area contributed by atoms with Gasteiger partial charge in [0.1, 0.15) is 6.07 Å². The van der Waals surface area contributed by atoms with Crippen LogP contribution in [0.2, 0.25) is 0 Å². The van der Waals surface area contributed by atoms with Crippen molar-refractivity contribution in [3.05, 3.63) is 71.1 Å². The van der Waals surface area contributed by atoms with Crippen molar-refractivity contribution >= 4 is 17.3 Å². The van der Waals surface area contributed by atoms with E-state index in [0.29, 0.717) is 16.8 Å². The summed E-state index contributed by atoms with van der Waals surface area (Å²) in [6.45, 7) is 15.8. The molecule has 1 aromatic heterocycles. The van der Waals surface area contributed by atoms with Crippen LogP contribution in [-0.4, -0.2) is 23.7 Å². The molecular weight excluding hydrogens is 374 g/mol. The van der Waals surface area contributed by atoms with Crippen molar-refractivity contribution in [2.24, 2.45) is 4.99 Å². The molecule has 0 radical (unpaired) electrons. The highest BCUT2D eigenvalue weighted by Gasteiger charge is 2.17. The Morgan fingerprint density at radius 3 is 2.38 bits per heavy atom. The number of halogens is 2. The van der Waals surface area contributed by atoms with Gasteiger partial charge in [0.2, 0.25) is 0 Å². The van der Waals surface area contributed by atoms with Crippen LogP contribution < -0.4 is 5.32 Å². The number of pyridine rings is 1. The zero-order valence-electron chi connectivity index (χ0n) is 17.7. The molecule has 1 aromatic rings. The summed E-state index contributed by atoms with van der Waals surface area (Å²) >= 11 is 0. The van der Waals surface area contributed by atoms with E-state index in [0.717, 1.165) is 12.2 Å². The van der Waals surface area contributed by atoms with Gasteiger partial charge in [0.05, 0.1) is 22.7 Å². The maximum Gasteiger partial charge on any atom is 0.284 e. The molecule has 0 unspecified atom stereocenters. The third-order valence-electron chi connectivity index (χ3n) is 3.70. The molecule has 7 heteroatoms. The number of nitriles is 1. The van der Waals surface area contributed by atoms with Crippen LogP contribution in [-0.2, 0) is 4.79 Å². The van der Waals surface area contributed by atoms with Crippen LogP contribution in [0.4, 0.5) is 14.5 Å². The van der Waals surface area contributed by atoms with E-state index in [1.165, 1.54) is 13.2 Å². The molecule has 154 valence electrons. The second kappa shape index (κ2) is 12.1. The largest absolute Gasteiger partial charge is 0.318 e. The molecule has 0 saturated carbocycles. The highest BCUT2D eigenvalue weighted by atomic mass is 19.1. The average Bonchev–Trinajstić information content (AvgIpc) is 2.70. The maximum atomic E-state index is 14.5. The number of nitrogens with zero attached hydrogens (tertiary/aromatic N) is 3. The number of nitrogens with one attached hydrogen (secondary N) is 1. The summed E-state index contributed by atoms with van der Waals surface area (Å²) in [5.74, 6) is -3.18. The first kappa shape index (κ1) is 25.6. The molecule has 0 aromatic carbocycles. The number of allylic oxidation sites excluding steroid dienone is 5. The smallest absolute Gasteiger partial charge is 0.284 e. The molecule has 0 saturated heterocycles. The molecule has 1 rings (SSSR count). The fourth-order valence-electron chi connectivity index (χ4n) is 2.23. The van der Waals surface area contributed by atoms with Crippen molar-refractivity contribution in [2.45, 2.75) is 34.6 Å². The Morgan fingerprint density at radius 1 is 1.34 bits per heavy atom. The molecule has 29 heavy (non-hydrogen) atoms. The summed E-state index contributed by atoms with van der Waals surface area (Å²) in [7, 11) is 1.37. The van der Waals surface area contributed by atoms with Crippen LogP contribution >= 0.6 is 0 Å². The van der Waals surface area contributed by atoms with E-state index in [2.05, 4.69) is 28.5 Å². The quantitative estimate of drug-likeness (QED) is 0.392. The molecule has 1 heterocycles. The lowest BCUT2D eigenvalue weighted by Gasteiger charge is -2.11. The molecule has 1 amide bonds. The van der Waals surface area contributed by atoms with Crippen LogP contribution in [0.25, 0.3) is 0 Å². The van der Waals surface area contributed by atoms with Crippen LogP contribution in [0.1, 0.15) is 37.6 Å². The number of amides is 1. The number of aromatic nitrogens is 1. The van der Waals surface area contributed by atoms with Gasteiger partial charge in [0.25, 0.3) is 5.91 Å². The fraction of sp³-hybridized carbons (Fsp3) is 0.273. The molecular formula is C22H26F2N4O. The summed E-state index contributed by atoms with van der Waals surface area (Å²) in [5.41, 5.74) is 1.41. The Labute approximate surface area is 170 Å². The van der Waals surface area contributed by atoms with Gasteiger partial charge in [-0.25, -0.2) is 8.78 Å². The van der Waals surface area contributed by atoms with Crippen LogP contribution in [0.5, 0.6) is 0 Å². The number of anilines is 1. The lowest BCUT2D eigenvalue weighted by atomic mass is 10.1. The highest BCUT2D eigenvalue weighted by molar-refractivity contribution is 6.11. The van der Waals surface area contributed by atoms with Gasteiger partial charge < -0.3 is 5.32 Å². The molecule has 0 aliphatic heterocycles. The van der Waals surface area contributed by atoms with E-state index < -0.39 is 17.6 Å². The van der Waals surface area contributed by atoms with Crippen molar-refractivity contribution in [3.8, 4) is 6.07 Å². The van der Waals surface area contributed by atoms with Crippen molar-refractivity contribution in [1.29, 1.82) is 5.26 Å². The zero-order chi connectivity index (χ0) is 22.7. The Morgan fingerprint density at radius 2 is 1.93 bits per heavy atom. The molecule has 0 aliphatic carbocycles. The lowest BCUT2D eigenvalue weighted by Crippen LogP contribution is -2.15. The Balaban J connectivity index is 0.00000379. The highest BCUT2D eigenvalue weighted by Crippen LogP contribution is 2.23. The second-order valence-electron chi connectivity index (χ2n) is 5.64. The monoisotopic (exact) mass is 400 g/mol. The van der Waals surface area contributed by atoms with E-state index in [-0.39, 0.29) is 22.5 Å². The number of aliphatic imine (C=N–C) groups is 1. The number of rotatable bonds is 6. The van der Waals surface area contributed by atoms with Gasteiger partial charge in [-0.1, -0.05) is 33.1 Å². The SMILES string of the molecule is C=CC(/C=C(\F)C(=O)Nc1c(C)ncc(C#N)c1C)=C(/F)C(=NC)C(=C)C.CC. The van der Waals surface area contributed by atoms with E-state index in [4.69, 9.17) is 5.26 Å². The summed E-state index contributed by atoms with van der Waals surface area (Å²) < 4.78 is 28.8. The van der Waals surface area contributed by atoms with E-state index in [1.54, 1.807) is 20.8 Å². The minimum atomic E-state index is -1.24. The van der Waals surface area contributed by atoms with Gasteiger partial charge in [0.15, 0.2) is 11.7 Å². The van der Waals surface area contributed by atoms with Gasteiger partial charge in [-0.3, -0.25) is 14.8 Å². The average molecular weight is 400 g/mol. The predicted octanol–water partition coefficient (Wildman–Crippen LogP) is 5.44. The van der Waals surface area contributed by atoms with E-state index >= 15 is 0 Å². The molecule has 0 atom stereocenters. The summed E-state index contributed by atoms with van der Waals surface area (Å²) in [6.07, 6.45) is 3.16. The fourth-order valence-corrected chi connectivity index (χ4v) is 2.23. The number of carbonyl (C=O) groups is 1.